The molecule has 2 aromatic rings. The third kappa shape index (κ3) is 1.81. The van der Waals surface area contributed by atoms with Crippen LogP contribution < -0.4 is 5.32 Å². The Morgan fingerprint density at radius 2 is 1.81 bits per heavy atom. The maximum atomic E-state index is 4.45. The molecule has 0 saturated heterocycles. The van der Waals surface area contributed by atoms with Crippen LogP contribution in [0.3, 0.4) is 0 Å². The zero-order valence-corrected chi connectivity index (χ0v) is 10.2. The van der Waals surface area contributed by atoms with Gasteiger partial charge in [-0.25, -0.2) is 0 Å². The van der Waals surface area contributed by atoms with E-state index in [0.717, 1.165) is 11.5 Å². The smallest absolute Gasteiger partial charge is 0.155 e. The van der Waals surface area contributed by atoms with Crippen LogP contribution in [0.5, 0.6) is 0 Å². The molecule has 1 heterocycles. The Kier molecular flexibility index (Phi) is 2.69. The minimum absolute atomic E-state index is 0.939. The van der Waals surface area contributed by atoms with E-state index in [1.54, 1.807) is 0 Å². The third-order valence-electron chi connectivity index (χ3n) is 3.03. The lowest BCUT2D eigenvalue weighted by Crippen LogP contribution is -1.96. The molecule has 0 aliphatic heterocycles. The van der Waals surface area contributed by atoms with Gasteiger partial charge in [-0.15, -0.1) is 0 Å². The predicted molar refractivity (Wildman–Crippen MR) is 67.1 cm³/mol. The maximum absolute atomic E-state index is 4.45. The summed E-state index contributed by atoms with van der Waals surface area (Å²) in [6.45, 7) is 6.25. The standard InChI is InChI=1S/C13H17N3/c1-9-7-5-6-8-12(9)14-13-10(2)11(3)16(4)15-13/h5-8H,1-4H3,(H,14,15). The average molecular weight is 215 g/mol. The summed E-state index contributed by atoms with van der Waals surface area (Å²) < 4.78 is 1.90. The first kappa shape index (κ1) is 10.7. The lowest BCUT2D eigenvalue weighted by Gasteiger charge is -2.07. The molecule has 0 unspecified atom stereocenters. The minimum atomic E-state index is 0.939. The number of aromatic nitrogens is 2. The van der Waals surface area contributed by atoms with Crippen LogP contribution in [0, 0.1) is 20.8 Å². The lowest BCUT2D eigenvalue weighted by molar-refractivity contribution is 0.742. The monoisotopic (exact) mass is 215 g/mol. The fraction of sp³-hybridized carbons (Fsp3) is 0.308. The molecule has 1 N–H and O–H groups in total. The molecule has 0 radical (unpaired) electrons. The van der Waals surface area contributed by atoms with Crippen LogP contribution in [-0.4, -0.2) is 9.78 Å². The molecule has 0 atom stereocenters. The highest BCUT2D eigenvalue weighted by atomic mass is 15.3. The van der Waals surface area contributed by atoms with Crippen LogP contribution >= 0.6 is 0 Å². The number of nitrogens with zero attached hydrogens (tertiary/aromatic N) is 2. The van der Waals surface area contributed by atoms with Gasteiger partial charge < -0.3 is 5.32 Å². The second kappa shape index (κ2) is 4.00. The van der Waals surface area contributed by atoms with Gasteiger partial charge in [-0.2, -0.15) is 5.10 Å². The number of benzene rings is 1. The second-order valence-electron chi connectivity index (χ2n) is 4.12. The van der Waals surface area contributed by atoms with E-state index in [9.17, 15) is 0 Å². The van der Waals surface area contributed by atoms with Gasteiger partial charge in [0.2, 0.25) is 0 Å². The Hall–Kier alpha value is -1.77. The third-order valence-corrected chi connectivity index (χ3v) is 3.03. The zero-order chi connectivity index (χ0) is 11.7. The molecule has 0 saturated carbocycles. The van der Waals surface area contributed by atoms with Crippen molar-refractivity contribution in [1.29, 1.82) is 0 Å². The van der Waals surface area contributed by atoms with Crippen molar-refractivity contribution in [3.05, 3.63) is 41.1 Å². The van der Waals surface area contributed by atoms with E-state index >= 15 is 0 Å². The molecule has 1 aromatic carbocycles. The van der Waals surface area contributed by atoms with E-state index in [2.05, 4.69) is 43.3 Å². The van der Waals surface area contributed by atoms with Crippen LogP contribution in [0.4, 0.5) is 11.5 Å². The Labute approximate surface area is 96.1 Å². The van der Waals surface area contributed by atoms with Gasteiger partial charge in [-0.05, 0) is 32.4 Å². The average Bonchev–Trinajstić information content (AvgIpc) is 2.50. The van der Waals surface area contributed by atoms with Crippen LogP contribution in [0.25, 0.3) is 0 Å². The number of rotatable bonds is 2. The van der Waals surface area contributed by atoms with E-state index in [4.69, 9.17) is 0 Å². The topological polar surface area (TPSA) is 29.9 Å². The number of hydrogen-bond donors (Lipinski definition) is 1. The highest BCUT2D eigenvalue weighted by Crippen LogP contribution is 2.23. The summed E-state index contributed by atoms with van der Waals surface area (Å²) in [7, 11) is 1.96. The largest absolute Gasteiger partial charge is 0.338 e. The van der Waals surface area contributed by atoms with Gasteiger partial charge in [0.05, 0.1) is 0 Å². The van der Waals surface area contributed by atoms with Crippen molar-refractivity contribution in [2.75, 3.05) is 5.32 Å². The summed E-state index contributed by atoms with van der Waals surface area (Å²) in [6, 6.07) is 8.23. The van der Waals surface area contributed by atoms with Gasteiger partial charge in [0.25, 0.3) is 0 Å². The Balaban J connectivity index is 2.34. The highest BCUT2D eigenvalue weighted by Gasteiger charge is 2.08. The van der Waals surface area contributed by atoms with Crippen molar-refractivity contribution in [3.8, 4) is 0 Å². The van der Waals surface area contributed by atoms with E-state index in [1.165, 1.54) is 16.8 Å². The molecule has 0 fully saturated rings. The molecule has 0 aliphatic rings. The fourth-order valence-electron chi connectivity index (χ4n) is 1.67. The SMILES string of the molecule is Cc1ccccc1Nc1nn(C)c(C)c1C. The van der Waals surface area contributed by atoms with Crippen molar-refractivity contribution in [3.63, 3.8) is 0 Å². The van der Waals surface area contributed by atoms with Crippen molar-refractivity contribution in [1.82, 2.24) is 9.78 Å². The van der Waals surface area contributed by atoms with Crippen molar-refractivity contribution in [2.45, 2.75) is 20.8 Å². The fourth-order valence-corrected chi connectivity index (χ4v) is 1.67. The first-order chi connectivity index (χ1) is 7.59. The number of para-hydroxylation sites is 1. The van der Waals surface area contributed by atoms with Gasteiger partial charge in [0.15, 0.2) is 5.82 Å². The summed E-state index contributed by atoms with van der Waals surface area (Å²) in [6.07, 6.45) is 0. The molecule has 0 bridgehead atoms. The molecule has 16 heavy (non-hydrogen) atoms. The van der Waals surface area contributed by atoms with Crippen LogP contribution in [0.15, 0.2) is 24.3 Å². The first-order valence-electron chi connectivity index (χ1n) is 5.42. The molecule has 0 amide bonds. The zero-order valence-electron chi connectivity index (χ0n) is 10.2. The van der Waals surface area contributed by atoms with Gasteiger partial charge in [-0.3, -0.25) is 4.68 Å². The number of nitrogens with one attached hydrogen (secondary N) is 1. The summed E-state index contributed by atoms with van der Waals surface area (Å²) in [5.41, 5.74) is 4.73. The maximum Gasteiger partial charge on any atom is 0.155 e. The molecule has 1 aromatic heterocycles. The summed E-state index contributed by atoms with van der Waals surface area (Å²) >= 11 is 0. The number of anilines is 2. The van der Waals surface area contributed by atoms with Gasteiger partial charge >= 0.3 is 0 Å². The molecule has 84 valence electrons. The van der Waals surface area contributed by atoms with Crippen LogP contribution in [0.2, 0.25) is 0 Å². The quantitative estimate of drug-likeness (QED) is 0.834. The summed E-state index contributed by atoms with van der Waals surface area (Å²) in [4.78, 5) is 0. The summed E-state index contributed by atoms with van der Waals surface area (Å²) in [5.74, 6) is 0.939. The van der Waals surface area contributed by atoms with E-state index in [0.29, 0.717) is 0 Å². The highest BCUT2D eigenvalue weighted by molar-refractivity contribution is 5.62. The molecule has 2 rings (SSSR count). The molecule has 0 spiro atoms. The molecule has 0 aliphatic carbocycles. The minimum Gasteiger partial charge on any atom is -0.338 e. The Bertz CT molecular complexity index is 512. The van der Waals surface area contributed by atoms with Gasteiger partial charge in [-0.1, -0.05) is 18.2 Å². The normalized spacial score (nSPS) is 10.5. The molecule has 3 heteroatoms. The van der Waals surface area contributed by atoms with E-state index in [1.807, 2.05) is 23.9 Å². The van der Waals surface area contributed by atoms with Crippen molar-refractivity contribution in [2.24, 2.45) is 7.05 Å². The molecular formula is C13H17N3. The Morgan fingerprint density at radius 1 is 1.12 bits per heavy atom. The van der Waals surface area contributed by atoms with Crippen molar-refractivity contribution < 1.29 is 0 Å². The van der Waals surface area contributed by atoms with E-state index < -0.39 is 0 Å². The number of hydrogen-bond acceptors (Lipinski definition) is 2. The van der Waals surface area contributed by atoms with Crippen LogP contribution in [-0.2, 0) is 7.05 Å². The molecule has 3 nitrogen and oxygen atoms in total. The van der Waals surface area contributed by atoms with E-state index in [-0.39, 0.29) is 0 Å². The predicted octanol–water partition coefficient (Wildman–Crippen LogP) is 3.09. The van der Waals surface area contributed by atoms with Gasteiger partial charge in [0.1, 0.15) is 0 Å². The molecular weight excluding hydrogens is 198 g/mol. The lowest BCUT2D eigenvalue weighted by atomic mass is 10.2. The first-order valence-corrected chi connectivity index (χ1v) is 5.42. The number of aryl methyl sites for hydroxylation is 2. The van der Waals surface area contributed by atoms with Crippen LogP contribution in [0.1, 0.15) is 16.8 Å². The second-order valence-corrected chi connectivity index (χ2v) is 4.12. The Morgan fingerprint density at radius 3 is 2.38 bits per heavy atom. The van der Waals surface area contributed by atoms with Crippen molar-refractivity contribution >= 4 is 11.5 Å². The summed E-state index contributed by atoms with van der Waals surface area (Å²) in [5, 5.41) is 7.82. The van der Waals surface area contributed by atoms with Gasteiger partial charge in [0, 0.05) is 24.0 Å².